The van der Waals surface area contributed by atoms with E-state index in [-0.39, 0.29) is 30.3 Å². The highest BCUT2D eigenvalue weighted by atomic mass is 19.4. The Balaban J connectivity index is 1.42. The van der Waals surface area contributed by atoms with Gasteiger partial charge in [-0.1, -0.05) is 12.1 Å². The van der Waals surface area contributed by atoms with Crippen molar-refractivity contribution >= 4 is 29.4 Å². The Labute approximate surface area is 232 Å². The van der Waals surface area contributed by atoms with Crippen molar-refractivity contribution in [1.82, 2.24) is 0 Å². The molecule has 0 aromatic heterocycles. The molecule has 0 atom stereocenters. The van der Waals surface area contributed by atoms with E-state index in [0.29, 0.717) is 23.4 Å². The molecule has 0 fully saturated rings. The van der Waals surface area contributed by atoms with Crippen LogP contribution in [0.25, 0.3) is 6.08 Å². The second-order valence-corrected chi connectivity index (χ2v) is 8.85. The average molecular weight is 579 g/mol. The number of rotatable bonds is 12. The van der Waals surface area contributed by atoms with Crippen LogP contribution in [0.2, 0.25) is 0 Å². The first kappa shape index (κ1) is 30.9. The van der Waals surface area contributed by atoms with Crippen molar-refractivity contribution in [3.8, 4) is 11.5 Å². The Morgan fingerprint density at radius 2 is 1.49 bits per heavy atom. The van der Waals surface area contributed by atoms with Crippen molar-refractivity contribution in [2.75, 3.05) is 24.7 Å². The summed E-state index contributed by atoms with van der Waals surface area (Å²) < 4.78 is 78.0. The molecular weight excluding hydrogens is 551 g/mol. The lowest BCUT2D eigenvalue weighted by molar-refractivity contribution is -0.284. The van der Waals surface area contributed by atoms with Gasteiger partial charge in [0, 0.05) is 30.3 Å². The summed E-state index contributed by atoms with van der Waals surface area (Å²) in [5, 5.41) is 0. The first-order valence-corrected chi connectivity index (χ1v) is 12.3. The monoisotopic (exact) mass is 578 g/mol. The normalized spacial score (nSPS) is 11.8. The van der Waals surface area contributed by atoms with Crippen LogP contribution in [-0.2, 0) is 16.0 Å². The maximum atomic E-state index is 12.9. The predicted molar refractivity (Wildman–Crippen MR) is 143 cm³/mol. The van der Waals surface area contributed by atoms with E-state index in [4.69, 9.17) is 25.7 Å². The number of benzene rings is 3. The number of hydrogen-bond donors (Lipinski definition) is 2. The van der Waals surface area contributed by atoms with Crippen LogP contribution in [0.5, 0.6) is 11.5 Å². The van der Waals surface area contributed by atoms with Gasteiger partial charge in [0.2, 0.25) is 0 Å². The van der Waals surface area contributed by atoms with Crippen LogP contribution in [0.15, 0.2) is 72.8 Å². The molecule has 0 amide bonds. The molecule has 41 heavy (non-hydrogen) atoms. The van der Waals surface area contributed by atoms with E-state index in [9.17, 15) is 31.5 Å². The van der Waals surface area contributed by atoms with Crippen molar-refractivity contribution in [2.24, 2.45) is 0 Å². The zero-order valence-corrected chi connectivity index (χ0v) is 21.6. The van der Waals surface area contributed by atoms with Gasteiger partial charge in [-0.05, 0) is 78.2 Å². The second kappa shape index (κ2) is 13.6. The minimum atomic E-state index is -5.60. The molecule has 3 rings (SSSR count). The standard InChI is InChI=1S/C29H27F5N2O5/c30-28(31,29(32,33)34)15-1-16-39-23-10-5-20(6-11-23)27(38)41-24-8-2-19(3-9-24)4-13-26(37)40-17-14-21-18-22(35)7-12-25(21)36/h2-13,18H,1,14-17,35-36H2/b13-4+. The average Bonchev–Trinajstić information content (AvgIpc) is 2.92. The topological polar surface area (TPSA) is 114 Å². The molecule has 0 bridgehead atoms. The van der Waals surface area contributed by atoms with Gasteiger partial charge in [-0.3, -0.25) is 0 Å². The Hall–Kier alpha value is -4.61. The van der Waals surface area contributed by atoms with Gasteiger partial charge in [0.1, 0.15) is 11.5 Å². The summed E-state index contributed by atoms with van der Waals surface area (Å²) in [5.74, 6) is -5.58. The van der Waals surface area contributed by atoms with Crippen molar-refractivity contribution in [3.05, 3.63) is 89.5 Å². The summed E-state index contributed by atoms with van der Waals surface area (Å²) in [7, 11) is 0. The SMILES string of the molecule is Nc1ccc(N)c(CCOC(=O)/C=C/c2ccc(OC(=O)c3ccc(OCCCC(F)(F)C(F)(F)F)cc3)cc2)c1. The van der Waals surface area contributed by atoms with Gasteiger partial charge in [0.25, 0.3) is 0 Å². The second-order valence-electron chi connectivity index (χ2n) is 8.85. The summed E-state index contributed by atoms with van der Waals surface area (Å²) in [6, 6.07) is 16.9. The number of nitrogens with two attached hydrogens (primary N) is 2. The summed E-state index contributed by atoms with van der Waals surface area (Å²) in [6.07, 6.45) is -4.29. The van der Waals surface area contributed by atoms with Crippen LogP contribution in [0.1, 0.15) is 34.3 Å². The highest BCUT2D eigenvalue weighted by Gasteiger charge is 2.56. The minimum Gasteiger partial charge on any atom is -0.494 e. The van der Waals surface area contributed by atoms with E-state index in [1.165, 1.54) is 48.6 Å². The van der Waals surface area contributed by atoms with Crippen LogP contribution < -0.4 is 20.9 Å². The summed E-state index contributed by atoms with van der Waals surface area (Å²) in [4.78, 5) is 24.4. The number of hydrogen-bond acceptors (Lipinski definition) is 7. The zero-order valence-electron chi connectivity index (χ0n) is 21.6. The van der Waals surface area contributed by atoms with E-state index in [1.54, 1.807) is 30.3 Å². The highest BCUT2D eigenvalue weighted by molar-refractivity contribution is 5.91. The number of anilines is 2. The fourth-order valence-corrected chi connectivity index (χ4v) is 3.44. The number of carbonyl (C=O) groups excluding carboxylic acids is 2. The summed E-state index contributed by atoms with van der Waals surface area (Å²) >= 11 is 0. The van der Waals surface area contributed by atoms with E-state index in [0.717, 1.165) is 5.56 Å². The fraction of sp³-hybridized carbons (Fsp3) is 0.241. The number of nitrogen functional groups attached to an aromatic ring is 2. The molecule has 0 saturated carbocycles. The van der Waals surface area contributed by atoms with Crippen LogP contribution in [0, 0.1) is 0 Å². The lowest BCUT2D eigenvalue weighted by Gasteiger charge is -2.19. The first-order chi connectivity index (χ1) is 19.3. The van der Waals surface area contributed by atoms with Gasteiger partial charge in [-0.2, -0.15) is 22.0 Å². The lowest BCUT2D eigenvalue weighted by Crippen LogP contribution is -2.36. The van der Waals surface area contributed by atoms with E-state index in [1.807, 2.05) is 0 Å². The Morgan fingerprint density at radius 3 is 2.15 bits per heavy atom. The van der Waals surface area contributed by atoms with Gasteiger partial charge in [0.05, 0.1) is 18.8 Å². The van der Waals surface area contributed by atoms with Crippen molar-refractivity contribution in [1.29, 1.82) is 0 Å². The molecule has 0 saturated heterocycles. The molecule has 0 unspecified atom stereocenters. The molecule has 12 heteroatoms. The molecule has 0 aliphatic heterocycles. The number of carbonyl (C=O) groups is 2. The van der Waals surface area contributed by atoms with Gasteiger partial charge in [-0.25, -0.2) is 9.59 Å². The van der Waals surface area contributed by atoms with E-state index in [2.05, 4.69) is 0 Å². The fourth-order valence-electron chi connectivity index (χ4n) is 3.44. The largest absolute Gasteiger partial charge is 0.494 e. The molecule has 0 spiro atoms. The van der Waals surface area contributed by atoms with Crippen molar-refractivity contribution in [3.63, 3.8) is 0 Å². The van der Waals surface area contributed by atoms with E-state index < -0.39 is 36.9 Å². The van der Waals surface area contributed by atoms with Gasteiger partial charge >= 0.3 is 24.0 Å². The predicted octanol–water partition coefficient (Wildman–Crippen LogP) is 6.23. The third-order valence-corrected chi connectivity index (χ3v) is 5.69. The Bertz CT molecular complexity index is 1360. The molecule has 0 aliphatic rings. The highest BCUT2D eigenvalue weighted by Crippen LogP contribution is 2.38. The molecule has 0 heterocycles. The number of esters is 2. The molecule has 3 aromatic rings. The third-order valence-electron chi connectivity index (χ3n) is 5.69. The quantitative estimate of drug-likeness (QED) is 0.0655. The lowest BCUT2D eigenvalue weighted by atomic mass is 10.1. The smallest absolute Gasteiger partial charge is 0.453 e. The van der Waals surface area contributed by atoms with E-state index >= 15 is 0 Å². The van der Waals surface area contributed by atoms with Gasteiger partial charge in [0.15, 0.2) is 0 Å². The summed E-state index contributed by atoms with van der Waals surface area (Å²) in [6.45, 7) is -0.230. The zero-order chi connectivity index (χ0) is 30.0. The molecular formula is C29H27F5N2O5. The molecule has 218 valence electrons. The first-order valence-electron chi connectivity index (χ1n) is 12.3. The maximum Gasteiger partial charge on any atom is 0.453 e. The van der Waals surface area contributed by atoms with Crippen LogP contribution >= 0.6 is 0 Å². The van der Waals surface area contributed by atoms with Crippen LogP contribution in [0.3, 0.4) is 0 Å². The van der Waals surface area contributed by atoms with Crippen LogP contribution in [0.4, 0.5) is 33.3 Å². The number of ether oxygens (including phenoxy) is 3. The third kappa shape index (κ3) is 9.52. The van der Waals surface area contributed by atoms with Crippen LogP contribution in [-0.4, -0.2) is 37.3 Å². The molecule has 4 N–H and O–H groups in total. The molecule has 7 nitrogen and oxygen atoms in total. The van der Waals surface area contributed by atoms with Crippen molar-refractivity contribution < 1.29 is 45.8 Å². The van der Waals surface area contributed by atoms with Gasteiger partial charge < -0.3 is 25.7 Å². The molecule has 0 aliphatic carbocycles. The molecule has 3 aromatic carbocycles. The van der Waals surface area contributed by atoms with Gasteiger partial charge in [-0.15, -0.1) is 0 Å². The maximum absolute atomic E-state index is 12.9. The summed E-state index contributed by atoms with van der Waals surface area (Å²) in [5.41, 5.74) is 14.3. The Kier molecular flexibility index (Phi) is 10.3. The molecule has 0 radical (unpaired) electrons. The minimum absolute atomic E-state index is 0.125. The number of alkyl halides is 5. The number of halogens is 5. The Morgan fingerprint density at radius 1 is 0.829 bits per heavy atom. The van der Waals surface area contributed by atoms with Crippen molar-refractivity contribution in [2.45, 2.75) is 31.4 Å².